The van der Waals surface area contributed by atoms with Crippen molar-refractivity contribution < 1.29 is 5.11 Å². The third kappa shape index (κ3) is 3.35. The molecule has 0 spiro atoms. The molecule has 0 aromatic carbocycles. The SMILES string of the molecule is C=C(C)CN(CC)c1ccc(C(C)O)nc1. The fourth-order valence-electron chi connectivity index (χ4n) is 1.54. The van der Waals surface area contributed by atoms with Crippen molar-refractivity contribution in [3.63, 3.8) is 0 Å². The quantitative estimate of drug-likeness (QED) is 0.775. The molecule has 0 fully saturated rings. The zero-order valence-corrected chi connectivity index (χ0v) is 10.3. The Bertz CT molecular complexity index is 343. The number of hydrogen-bond donors (Lipinski definition) is 1. The number of hydrogen-bond acceptors (Lipinski definition) is 3. The molecule has 16 heavy (non-hydrogen) atoms. The molecule has 0 saturated heterocycles. The van der Waals surface area contributed by atoms with E-state index >= 15 is 0 Å². The summed E-state index contributed by atoms with van der Waals surface area (Å²) < 4.78 is 0. The van der Waals surface area contributed by atoms with Crippen molar-refractivity contribution in [2.24, 2.45) is 0 Å². The molecule has 1 N–H and O–H groups in total. The highest BCUT2D eigenvalue weighted by Crippen LogP contribution is 2.16. The lowest BCUT2D eigenvalue weighted by molar-refractivity contribution is 0.194. The number of rotatable bonds is 5. The van der Waals surface area contributed by atoms with Crippen molar-refractivity contribution >= 4 is 5.69 Å². The van der Waals surface area contributed by atoms with Gasteiger partial charge in [0.1, 0.15) is 0 Å². The zero-order chi connectivity index (χ0) is 12.1. The molecule has 0 bridgehead atoms. The number of aliphatic hydroxyl groups excluding tert-OH is 1. The van der Waals surface area contributed by atoms with E-state index in [0.717, 1.165) is 24.4 Å². The van der Waals surface area contributed by atoms with Crippen LogP contribution >= 0.6 is 0 Å². The van der Waals surface area contributed by atoms with Crippen LogP contribution in [0.3, 0.4) is 0 Å². The molecule has 0 aliphatic rings. The summed E-state index contributed by atoms with van der Waals surface area (Å²) in [5, 5.41) is 9.37. The Morgan fingerprint density at radius 2 is 2.25 bits per heavy atom. The Morgan fingerprint density at radius 1 is 1.56 bits per heavy atom. The maximum absolute atomic E-state index is 9.37. The normalized spacial score (nSPS) is 12.2. The number of nitrogens with zero attached hydrogens (tertiary/aromatic N) is 2. The van der Waals surface area contributed by atoms with E-state index in [-0.39, 0.29) is 0 Å². The van der Waals surface area contributed by atoms with Gasteiger partial charge in [-0.15, -0.1) is 0 Å². The van der Waals surface area contributed by atoms with Crippen LogP contribution in [0.4, 0.5) is 5.69 Å². The minimum absolute atomic E-state index is 0.509. The van der Waals surface area contributed by atoms with Crippen LogP contribution < -0.4 is 4.90 Å². The van der Waals surface area contributed by atoms with E-state index in [1.807, 2.05) is 19.1 Å². The van der Waals surface area contributed by atoms with Gasteiger partial charge in [0, 0.05) is 13.1 Å². The van der Waals surface area contributed by atoms with E-state index in [2.05, 4.69) is 23.4 Å². The van der Waals surface area contributed by atoms with Crippen LogP contribution in [0.1, 0.15) is 32.6 Å². The van der Waals surface area contributed by atoms with Crippen molar-refractivity contribution in [2.45, 2.75) is 26.9 Å². The molecule has 1 unspecified atom stereocenters. The summed E-state index contributed by atoms with van der Waals surface area (Å²) in [6.07, 6.45) is 1.29. The van der Waals surface area contributed by atoms with Gasteiger partial charge in [-0.25, -0.2) is 0 Å². The van der Waals surface area contributed by atoms with Gasteiger partial charge < -0.3 is 10.0 Å². The zero-order valence-electron chi connectivity index (χ0n) is 10.3. The van der Waals surface area contributed by atoms with Crippen LogP contribution in [-0.2, 0) is 0 Å². The number of likely N-dealkylation sites (N-methyl/N-ethyl adjacent to an activating group) is 1. The smallest absolute Gasteiger partial charge is 0.0931 e. The summed E-state index contributed by atoms with van der Waals surface area (Å²) in [7, 11) is 0. The molecule has 1 aromatic rings. The third-order valence-electron chi connectivity index (χ3n) is 2.41. The maximum atomic E-state index is 9.37. The van der Waals surface area contributed by atoms with Gasteiger partial charge in [-0.1, -0.05) is 12.2 Å². The van der Waals surface area contributed by atoms with E-state index in [0.29, 0.717) is 5.69 Å². The first-order valence-electron chi connectivity index (χ1n) is 5.58. The number of pyridine rings is 1. The molecular formula is C13H20N2O. The van der Waals surface area contributed by atoms with E-state index in [1.165, 1.54) is 0 Å². The van der Waals surface area contributed by atoms with Crippen LogP contribution in [0.25, 0.3) is 0 Å². The summed E-state index contributed by atoms with van der Waals surface area (Å²) in [6, 6.07) is 3.85. The summed E-state index contributed by atoms with van der Waals surface area (Å²) in [4.78, 5) is 6.43. The van der Waals surface area contributed by atoms with Crippen molar-refractivity contribution in [2.75, 3.05) is 18.0 Å². The van der Waals surface area contributed by atoms with Crippen LogP contribution in [-0.4, -0.2) is 23.2 Å². The molecule has 0 aliphatic carbocycles. The molecule has 0 radical (unpaired) electrons. The Labute approximate surface area is 97.4 Å². The lowest BCUT2D eigenvalue weighted by Crippen LogP contribution is -2.24. The topological polar surface area (TPSA) is 36.4 Å². The molecular weight excluding hydrogens is 200 g/mol. The minimum atomic E-state index is -0.509. The van der Waals surface area contributed by atoms with E-state index in [4.69, 9.17) is 0 Å². The number of anilines is 1. The van der Waals surface area contributed by atoms with Crippen molar-refractivity contribution in [1.82, 2.24) is 4.98 Å². The first kappa shape index (κ1) is 12.7. The molecule has 1 atom stereocenters. The summed E-state index contributed by atoms with van der Waals surface area (Å²) >= 11 is 0. The monoisotopic (exact) mass is 220 g/mol. The molecule has 3 heteroatoms. The second-order valence-electron chi connectivity index (χ2n) is 4.09. The van der Waals surface area contributed by atoms with Crippen LogP contribution in [0.15, 0.2) is 30.5 Å². The fraction of sp³-hybridized carbons (Fsp3) is 0.462. The van der Waals surface area contributed by atoms with Crippen LogP contribution in [0, 0.1) is 0 Å². The molecule has 0 amide bonds. The summed E-state index contributed by atoms with van der Waals surface area (Å²) in [5.74, 6) is 0. The first-order valence-corrected chi connectivity index (χ1v) is 5.58. The van der Waals surface area contributed by atoms with Gasteiger partial charge in [0.25, 0.3) is 0 Å². The highest BCUT2D eigenvalue weighted by atomic mass is 16.3. The van der Waals surface area contributed by atoms with E-state index in [9.17, 15) is 5.11 Å². The highest BCUT2D eigenvalue weighted by Gasteiger charge is 2.06. The van der Waals surface area contributed by atoms with Gasteiger partial charge in [0.2, 0.25) is 0 Å². The molecule has 1 aromatic heterocycles. The van der Waals surface area contributed by atoms with Gasteiger partial charge in [-0.2, -0.15) is 0 Å². The fourth-order valence-corrected chi connectivity index (χ4v) is 1.54. The second-order valence-corrected chi connectivity index (χ2v) is 4.09. The Hall–Kier alpha value is -1.35. The average Bonchev–Trinajstić information content (AvgIpc) is 2.25. The first-order chi connectivity index (χ1) is 7.54. The minimum Gasteiger partial charge on any atom is -0.387 e. The molecule has 0 aliphatic heterocycles. The third-order valence-corrected chi connectivity index (χ3v) is 2.41. The van der Waals surface area contributed by atoms with Gasteiger partial charge in [0.15, 0.2) is 0 Å². The Balaban J connectivity index is 2.82. The van der Waals surface area contributed by atoms with Gasteiger partial charge >= 0.3 is 0 Å². The highest BCUT2D eigenvalue weighted by molar-refractivity contribution is 5.45. The maximum Gasteiger partial charge on any atom is 0.0931 e. The van der Waals surface area contributed by atoms with E-state index < -0.39 is 6.10 Å². The van der Waals surface area contributed by atoms with Crippen molar-refractivity contribution in [1.29, 1.82) is 0 Å². The predicted molar refractivity (Wildman–Crippen MR) is 67.6 cm³/mol. The Kier molecular flexibility index (Phi) is 4.50. The molecule has 88 valence electrons. The summed E-state index contributed by atoms with van der Waals surface area (Å²) in [5.41, 5.74) is 2.89. The second kappa shape index (κ2) is 5.66. The molecule has 0 saturated carbocycles. The number of aliphatic hydroxyl groups is 1. The van der Waals surface area contributed by atoms with E-state index in [1.54, 1.807) is 13.1 Å². The molecule has 1 rings (SSSR count). The van der Waals surface area contributed by atoms with Crippen LogP contribution in [0.2, 0.25) is 0 Å². The lowest BCUT2D eigenvalue weighted by Gasteiger charge is -2.23. The van der Waals surface area contributed by atoms with Crippen molar-refractivity contribution in [3.8, 4) is 0 Å². The number of aromatic nitrogens is 1. The van der Waals surface area contributed by atoms with Crippen molar-refractivity contribution in [3.05, 3.63) is 36.2 Å². The Morgan fingerprint density at radius 3 is 2.62 bits per heavy atom. The molecule has 1 heterocycles. The summed E-state index contributed by atoms with van der Waals surface area (Å²) in [6.45, 7) is 11.5. The lowest BCUT2D eigenvalue weighted by atomic mass is 10.2. The van der Waals surface area contributed by atoms with Crippen LogP contribution in [0.5, 0.6) is 0 Å². The molecule has 3 nitrogen and oxygen atoms in total. The predicted octanol–water partition coefficient (Wildman–Crippen LogP) is 2.54. The average molecular weight is 220 g/mol. The van der Waals surface area contributed by atoms with Gasteiger partial charge in [0.05, 0.1) is 23.7 Å². The van der Waals surface area contributed by atoms with Gasteiger partial charge in [-0.05, 0) is 32.9 Å². The largest absolute Gasteiger partial charge is 0.387 e. The van der Waals surface area contributed by atoms with Gasteiger partial charge in [-0.3, -0.25) is 4.98 Å². The standard InChI is InChI=1S/C13H20N2O/c1-5-15(9-10(2)3)12-6-7-13(11(4)16)14-8-12/h6-8,11,16H,2,5,9H2,1,3-4H3.